The topological polar surface area (TPSA) is 54.9 Å². The molecule has 0 atom stereocenters. The van der Waals surface area contributed by atoms with Gasteiger partial charge in [0.15, 0.2) is 8.68 Å². The standard InChI is InChI=1S/C13H14BrN3OS3/c1-3-19-12-16-17-13(21-12)20-7-11(18)15-9-4-5-10(14)8(2)6-9/h4-6H,3,7H2,1-2H3,(H,15,18). The molecule has 1 aromatic carbocycles. The molecule has 8 heteroatoms. The van der Waals surface area contributed by atoms with Crippen LogP contribution in [0.4, 0.5) is 5.69 Å². The fourth-order valence-corrected chi connectivity index (χ4v) is 4.45. The van der Waals surface area contributed by atoms with Crippen molar-refractivity contribution in [3.63, 3.8) is 0 Å². The van der Waals surface area contributed by atoms with Gasteiger partial charge in [0.1, 0.15) is 0 Å². The summed E-state index contributed by atoms with van der Waals surface area (Å²) in [5.74, 6) is 1.27. The van der Waals surface area contributed by atoms with E-state index in [-0.39, 0.29) is 5.91 Å². The molecular weight excluding hydrogens is 390 g/mol. The van der Waals surface area contributed by atoms with Crippen molar-refractivity contribution in [2.45, 2.75) is 22.5 Å². The van der Waals surface area contributed by atoms with Gasteiger partial charge in [-0.3, -0.25) is 4.79 Å². The van der Waals surface area contributed by atoms with Gasteiger partial charge in [-0.1, -0.05) is 57.7 Å². The highest BCUT2D eigenvalue weighted by atomic mass is 79.9. The second-order valence-corrected chi connectivity index (χ2v) is 8.63. The average molecular weight is 404 g/mol. The normalized spacial score (nSPS) is 10.6. The molecule has 4 nitrogen and oxygen atoms in total. The minimum absolute atomic E-state index is 0.0402. The molecule has 1 heterocycles. The molecule has 21 heavy (non-hydrogen) atoms. The minimum atomic E-state index is -0.0402. The summed E-state index contributed by atoms with van der Waals surface area (Å²) in [7, 11) is 0. The molecular formula is C13H14BrN3OS3. The molecule has 0 aliphatic heterocycles. The number of carbonyl (C=O) groups is 1. The first-order valence-electron chi connectivity index (χ1n) is 6.23. The van der Waals surface area contributed by atoms with Crippen molar-refractivity contribution in [3.05, 3.63) is 28.2 Å². The predicted octanol–water partition coefficient (Wildman–Crippen LogP) is 4.45. The van der Waals surface area contributed by atoms with Crippen molar-refractivity contribution in [2.24, 2.45) is 0 Å². The Morgan fingerprint density at radius 1 is 1.33 bits per heavy atom. The van der Waals surface area contributed by atoms with Crippen molar-refractivity contribution in [2.75, 3.05) is 16.8 Å². The number of nitrogens with zero attached hydrogens (tertiary/aromatic N) is 2. The number of nitrogens with one attached hydrogen (secondary N) is 1. The van der Waals surface area contributed by atoms with Crippen molar-refractivity contribution >= 4 is 62.4 Å². The first kappa shape index (κ1) is 16.8. The lowest BCUT2D eigenvalue weighted by molar-refractivity contribution is -0.113. The average Bonchev–Trinajstić information content (AvgIpc) is 2.89. The molecule has 0 saturated carbocycles. The van der Waals surface area contributed by atoms with Crippen molar-refractivity contribution in [1.82, 2.24) is 10.2 Å². The number of thioether (sulfide) groups is 2. The zero-order valence-electron chi connectivity index (χ0n) is 11.6. The van der Waals surface area contributed by atoms with Gasteiger partial charge in [0.05, 0.1) is 5.75 Å². The molecule has 112 valence electrons. The summed E-state index contributed by atoms with van der Waals surface area (Å²) in [5.41, 5.74) is 1.90. The fraction of sp³-hybridized carbons (Fsp3) is 0.308. The highest BCUT2D eigenvalue weighted by Crippen LogP contribution is 2.28. The van der Waals surface area contributed by atoms with E-state index in [4.69, 9.17) is 0 Å². The Morgan fingerprint density at radius 3 is 2.71 bits per heavy atom. The van der Waals surface area contributed by atoms with E-state index in [0.717, 1.165) is 30.2 Å². The third kappa shape index (κ3) is 5.28. The van der Waals surface area contributed by atoms with E-state index >= 15 is 0 Å². The highest BCUT2D eigenvalue weighted by Gasteiger charge is 2.09. The Balaban J connectivity index is 1.85. The summed E-state index contributed by atoms with van der Waals surface area (Å²) >= 11 is 8.04. The maximum absolute atomic E-state index is 11.9. The summed E-state index contributed by atoms with van der Waals surface area (Å²) in [4.78, 5) is 11.9. The molecule has 0 fully saturated rings. The molecule has 1 N–H and O–H groups in total. The van der Waals surface area contributed by atoms with E-state index in [0.29, 0.717) is 5.75 Å². The second-order valence-electron chi connectivity index (χ2n) is 4.07. The number of aryl methyl sites for hydroxylation is 1. The number of carbonyl (C=O) groups excluding carboxylic acids is 1. The van der Waals surface area contributed by atoms with Crippen LogP contribution in [-0.2, 0) is 4.79 Å². The number of benzene rings is 1. The van der Waals surface area contributed by atoms with E-state index in [2.05, 4.69) is 38.4 Å². The molecule has 1 aromatic heterocycles. The van der Waals surface area contributed by atoms with E-state index < -0.39 is 0 Å². The number of halogens is 1. The van der Waals surface area contributed by atoms with Gasteiger partial charge < -0.3 is 5.32 Å². The highest BCUT2D eigenvalue weighted by molar-refractivity contribution is 9.10. The van der Waals surface area contributed by atoms with Crippen LogP contribution in [0.2, 0.25) is 0 Å². The zero-order chi connectivity index (χ0) is 15.2. The summed E-state index contributed by atoms with van der Waals surface area (Å²) in [5, 5.41) is 11.0. The lowest BCUT2D eigenvalue weighted by Crippen LogP contribution is -2.14. The van der Waals surface area contributed by atoms with E-state index in [1.54, 1.807) is 11.8 Å². The first-order valence-corrected chi connectivity index (χ1v) is 9.81. The number of hydrogen-bond acceptors (Lipinski definition) is 6. The molecule has 0 spiro atoms. The van der Waals surface area contributed by atoms with Crippen LogP contribution in [0.3, 0.4) is 0 Å². The zero-order valence-corrected chi connectivity index (χ0v) is 15.6. The van der Waals surface area contributed by atoms with Gasteiger partial charge in [-0.05, 0) is 36.4 Å². The third-order valence-electron chi connectivity index (χ3n) is 2.42. The number of rotatable bonds is 6. The van der Waals surface area contributed by atoms with Crippen LogP contribution in [0, 0.1) is 6.92 Å². The predicted molar refractivity (Wildman–Crippen MR) is 94.5 cm³/mol. The molecule has 2 aromatic rings. The van der Waals surface area contributed by atoms with Gasteiger partial charge in [-0.25, -0.2) is 0 Å². The summed E-state index contributed by atoms with van der Waals surface area (Å²) in [6.45, 7) is 4.06. The Bertz CT molecular complexity index is 633. The molecule has 1 amide bonds. The summed E-state index contributed by atoms with van der Waals surface area (Å²) < 4.78 is 2.81. The van der Waals surface area contributed by atoms with Crippen LogP contribution in [0.1, 0.15) is 12.5 Å². The van der Waals surface area contributed by atoms with Crippen molar-refractivity contribution in [3.8, 4) is 0 Å². The molecule has 0 aliphatic rings. The van der Waals surface area contributed by atoms with Gasteiger partial charge in [0, 0.05) is 10.2 Å². The lowest BCUT2D eigenvalue weighted by Gasteiger charge is -2.06. The maximum atomic E-state index is 11.9. The lowest BCUT2D eigenvalue weighted by atomic mass is 10.2. The van der Waals surface area contributed by atoms with Gasteiger partial charge in [0.25, 0.3) is 0 Å². The fourth-order valence-electron chi connectivity index (χ4n) is 1.48. The molecule has 0 bridgehead atoms. The van der Waals surface area contributed by atoms with Gasteiger partial charge >= 0.3 is 0 Å². The van der Waals surface area contributed by atoms with Crippen LogP contribution in [0.25, 0.3) is 0 Å². The molecule has 2 rings (SSSR count). The molecule has 0 unspecified atom stereocenters. The van der Waals surface area contributed by atoms with Crippen molar-refractivity contribution < 1.29 is 4.79 Å². The van der Waals surface area contributed by atoms with E-state index in [1.807, 2.05) is 25.1 Å². The molecule has 0 radical (unpaired) electrons. The van der Waals surface area contributed by atoms with Gasteiger partial charge in [-0.2, -0.15) is 0 Å². The number of hydrogen-bond donors (Lipinski definition) is 1. The van der Waals surface area contributed by atoms with Crippen LogP contribution in [-0.4, -0.2) is 27.6 Å². The molecule has 0 saturated heterocycles. The van der Waals surface area contributed by atoms with E-state index in [9.17, 15) is 4.79 Å². The van der Waals surface area contributed by atoms with Gasteiger partial charge in [-0.15, -0.1) is 10.2 Å². The summed E-state index contributed by atoms with van der Waals surface area (Å²) in [6.07, 6.45) is 0. The third-order valence-corrected chi connectivity index (χ3v) is 6.39. The molecule has 0 aliphatic carbocycles. The smallest absolute Gasteiger partial charge is 0.234 e. The number of amides is 1. The number of anilines is 1. The van der Waals surface area contributed by atoms with Gasteiger partial charge in [0.2, 0.25) is 5.91 Å². The van der Waals surface area contributed by atoms with Crippen LogP contribution >= 0.6 is 50.8 Å². The largest absolute Gasteiger partial charge is 0.325 e. The maximum Gasteiger partial charge on any atom is 0.234 e. The SMILES string of the molecule is CCSc1nnc(SCC(=O)Nc2ccc(Br)c(C)c2)s1. The first-order chi connectivity index (χ1) is 10.1. The van der Waals surface area contributed by atoms with E-state index in [1.165, 1.54) is 23.1 Å². The number of aromatic nitrogens is 2. The Hall–Kier alpha value is -0.570. The Labute approximate surface area is 144 Å². The van der Waals surface area contributed by atoms with Crippen LogP contribution in [0.5, 0.6) is 0 Å². The monoisotopic (exact) mass is 403 g/mol. The Kier molecular flexibility index (Phi) is 6.53. The minimum Gasteiger partial charge on any atom is -0.325 e. The summed E-state index contributed by atoms with van der Waals surface area (Å²) in [6, 6.07) is 5.74. The quantitative estimate of drug-likeness (QED) is 0.721. The van der Waals surface area contributed by atoms with Crippen LogP contribution < -0.4 is 5.32 Å². The van der Waals surface area contributed by atoms with Crippen molar-refractivity contribution in [1.29, 1.82) is 0 Å². The van der Waals surface area contributed by atoms with Crippen LogP contribution in [0.15, 0.2) is 31.4 Å². The second kappa shape index (κ2) is 8.17. The Morgan fingerprint density at radius 2 is 2.05 bits per heavy atom.